The maximum absolute atomic E-state index is 3.97. The fraction of sp³-hybridized carbons (Fsp3) is 0. The van der Waals surface area contributed by atoms with Crippen molar-refractivity contribution in [1.82, 2.24) is 25.6 Å². The number of tetrazole rings is 1. The molecule has 0 aliphatic rings. The number of nitrogens with zero attached hydrogens (tertiary/aromatic N) is 3. The molecule has 4 aromatic rings. The van der Waals surface area contributed by atoms with Crippen LogP contribution in [0.15, 0.2) is 54.7 Å². The van der Waals surface area contributed by atoms with Gasteiger partial charge in [-0.25, -0.2) is 0 Å². The Morgan fingerprint density at radius 1 is 0.955 bits per heavy atom. The predicted molar refractivity (Wildman–Crippen MR) is 88.1 cm³/mol. The normalized spacial score (nSPS) is 10.4. The van der Waals surface area contributed by atoms with Crippen LogP contribution in [0.4, 0.5) is 0 Å². The topological polar surface area (TPSA) is 70.2 Å². The average Bonchev–Trinajstić information content (AvgIpc) is 3.24. The Bertz CT molecular complexity index is 996. The first-order valence-corrected chi connectivity index (χ1v) is 6.81. The molecule has 0 radical (unpaired) electrons. The highest BCUT2D eigenvalue weighted by Crippen LogP contribution is 2.15. The fourth-order valence-electron chi connectivity index (χ4n) is 2.29. The first-order chi connectivity index (χ1) is 10.9. The summed E-state index contributed by atoms with van der Waals surface area (Å²) in [5.41, 5.74) is 3.86. The third kappa shape index (κ3) is 2.34. The molecule has 5 heteroatoms. The van der Waals surface area contributed by atoms with E-state index in [-0.39, 0.29) is 2.85 Å². The zero-order chi connectivity index (χ0) is 14.8. The van der Waals surface area contributed by atoms with Crippen LogP contribution in [0, 0.1) is 11.8 Å². The molecule has 0 aliphatic carbocycles. The number of benzene rings is 2. The van der Waals surface area contributed by atoms with Gasteiger partial charge in [0.1, 0.15) is 0 Å². The maximum Gasteiger partial charge on any atom is 0.204 e. The fourth-order valence-corrected chi connectivity index (χ4v) is 2.29. The summed E-state index contributed by atoms with van der Waals surface area (Å²) in [6.45, 7) is 0. The number of aromatic amines is 2. The molecule has 0 unspecified atom stereocenters. The van der Waals surface area contributed by atoms with Crippen LogP contribution in [0.5, 0.6) is 0 Å². The zero-order valence-corrected chi connectivity index (χ0v) is 11.5. The van der Waals surface area contributed by atoms with E-state index in [4.69, 9.17) is 0 Å². The van der Waals surface area contributed by atoms with E-state index in [1.165, 1.54) is 5.39 Å². The molecular formula is C17H15N5. The van der Waals surface area contributed by atoms with E-state index in [9.17, 15) is 0 Å². The van der Waals surface area contributed by atoms with Crippen LogP contribution in [0.3, 0.4) is 0 Å². The van der Waals surface area contributed by atoms with Crippen molar-refractivity contribution in [3.8, 4) is 23.2 Å². The van der Waals surface area contributed by atoms with Crippen molar-refractivity contribution in [1.29, 1.82) is 0 Å². The van der Waals surface area contributed by atoms with Crippen LogP contribution in [0.2, 0.25) is 0 Å². The zero-order valence-electron chi connectivity index (χ0n) is 11.5. The summed E-state index contributed by atoms with van der Waals surface area (Å²) in [4.78, 5) is 3.19. The number of rotatable bonds is 1. The molecule has 0 bridgehead atoms. The van der Waals surface area contributed by atoms with Crippen molar-refractivity contribution in [2.75, 3.05) is 0 Å². The van der Waals surface area contributed by atoms with Gasteiger partial charge in [0.25, 0.3) is 0 Å². The maximum atomic E-state index is 3.97. The van der Waals surface area contributed by atoms with Gasteiger partial charge >= 0.3 is 0 Å². The Kier molecular flexibility index (Phi) is 2.91. The van der Waals surface area contributed by atoms with E-state index < -0.39 is 0 Å². The minimum Gasteiger partial charge on any atom is -0.361 e. The molecule has 2 aromatic heterocycles. The third-order valence-electron chi connectivity index (χ3n) is 3.37. The number of hydrogen-bond acceptors (Lipinski definition) is 3. The second-order valence-electron chi connectivity index (χ2n) is 4.85. The van der Waals surface area contributed by atoms with E-state index in [1.54, 1.807) is 0 Å². The highest BCUT2D eigenvalue weighted by atomic mass is 15.5. The second kappa shape index (κ2) is 5.19. The summed E-state index contributed by atoms with van der Waals surface area (Å²) < 4.78 is 0. The quantitative estimate of drug-likeness (QED) is 0.528. The van der Waals surface area contributed by atoms with Crippen molar-refractivity contribution in [3.63, 3.8) is 0 Å². The van der Waals surface area contributed by atoms with Gasteiger partial charge in [-0.3, -0.25) is 0 Å². The smallest absolute Gasteiger partial charge is 0.204 e. The molecular weight excluding hydrogens is 274 g/mol. The van der Waals surface area contributed by atoms with E-state index in [1.807, 2.05) is 48.7 Å². The molecule has 108 valence electrons. The molecule has 0 saturated carbocycles. The number of hydrogen-bond donors (Lipinski definition) is 2. The number of nitrogens with one attached hydrogen (secondary N) is 2. The SMILES string of the molecule is C(#Cc1ccc2cc[nH]c2c1)c1cccc(-c2nn[nH]n2)c1.[HH].[HH]. The van der Waals surface area contributed by atoms with Gasteiger partial charge in [-0.1, -0.05) is 30.0 Å². The molecule has 0 fully saturated rings. The number of fused-ring (bicyclic) bond motifs is 1. The summed E-state index contributed by atoms with van der Waals surface area (Å²) in [5, 5.41) is 15.2. The van der Waals surface area contributed by atoms with Gasteiger partial charge in [0, 0.05) is 31.3 Å². The van der Waals surface area contributed by atoms with Crippen molar-refractivity contribution < 1.29 is 2.85 Å². The molecule has 0 atom stereocenters. The second-order valence-corrected chi connectivity index (χ2v) is 4.85. The van der Waals surface area contributed by atoms with Crippen molar-refractivity contribution >= 4 is 10.9 Å². The van der Waals surface area contributed by atoms with Gasteiger partial charge in [0.2, 0.25) is 5.82 Å². The van der Waals surface area contributed by atoms with Crippen LogP contribution in [-0.2, 0) is 0 Å². The van der Waals surface area contributed by atoms with Gasteiger partial charge in [0.15, 0.2) is 0 Å². The molecule has 4 rings (SSSR count). The summed E-state index contributed by atoms with van der Waals surface area (Å²) in [6, 6.07) is 15.9. The first kappa shape index (κ1) is 12.4. The lowest BCUT2D eigenvalue weighted by molar-refractivity contribution is 0.881. The Labute approximate surface area is 129 Å². The minimum absolute atomic E-state index is 0. The highest BCUT2D eigenvalue weighted by molar-refractivity contribution is 5.80. The lowest BCUT2D eigenvalue weighted by atomic mass is 10.1. The number of aromatic nitrogens is 5. The Morgan fingerprint density at radius 3 is 2.73 bits per heavy atom. The Morgan fingerprint density at radius 2 is 1.86 bits per heavy atom. The number of H-pyrrole nitrogens is 2. The van der Waals surface area contributed by atoms with Crippen molar-refractivity contribution in [2.45, 2.75) is 0 Å². The Hall–Kier alpha value is -3.39. The van der Waals surface area contributed by atoms with Crippen LogP contribution < -0.4 is 0 Å². The van der Waals surface area contributed by atoms with Crippen molar-refractivity contribution in [3.05, 3.63) is 65.9 Å². The molecule has 0 spiro atoms. The molecule has 0 saturated heterocycles. The molecule has 5 nitrogen and oxygen atoms in total. The summed E-state index contributed by atoms with van der Waals surface area (Å²) >= 11 is 0. The van der Waals surface area contributed by atoms with Crippen molar-refractivity contribution in [2.24, 2.45) is 0 Å². The molecule has 22 heavy (non-hydrogen) atoms. The molecule has 2 N–H and O–H groups in total. The minimum atomic E-state index is 0. The Balaban J connectivity index is 0.00000104. The lowest BCUT2D eigenvalue weighted by Crippen LogP contribution is -1.83. The standard InChI is InChI=1S/C17H11N5.2H2/c1-2-12(10-15(3-1)17-19-21-22-20-17)4-5-13-6-7-14-8-9-18-16(14)11-13;;/h1-3,6-11,18H,(H,19,20,21,22);2*1H. The summed E-state index contributed by atoms with van der Waals surface area (Å²) in [7, 11) is 0. The van der Waals surface area contributed by atoms with Gasteiger partial charge in [0.05, 0.1) is 0 Å². The molecule has 2 heterocycles. The van der Waals surface area contributed by atoms with Crippen LogP contribution in [0.1, 0.15) is 14.0 Å². The summed E-state index contributed by atoms with van der Waals surface area (Å²) in [6.07, 6.45) is 1.93. The lowest BCUT2D eigenvalue weighted by Gasteiger charge is -1.95. The predicted octanol–water partition coefficient (Wildman–Crippen LogP) is 3.24. The van der Waals surface area contributed by atoms with Gasteiger partial charge in [-0.15, -0.1) is 10.2 Å². The molecule has 2 aromatic carbocycles. The largest absolute Gasteiger partial charge is 0.361 e. The third-order valence-corrected chi connectivity index (χ3v) is 3.37. The highest BCUT2D eigenvalue weighted by Gasteiger charge is 2.02. The van der Waals surface area contributed by atoms with Gasteiger partial charge in [-0.05, 0) is 40.9 Å². The molecule has 0 amide bonds. The van der Waals surface area contributed by atoms with Crippen LogP contribution >= 0.6 is 0 Å². The monoisotopic (exact) mass is 289 g/mol. The summed E-state index contributed by atoms with van der Waals surface area (Å²) in [5.74, 6) is 6.92. The van der Waals surface area contributed by atoms with Gasteiger partial charge in [-0.2, -0.15) is 5.21 Å². The van der Waals surface area contributed by atoms with Crippen LogP contribution in [-0.4, -0.2) is 25.6 Å². The molecule has 0 aliphatic heterocycles. The van der Waals surface area contributed by atoms with E-state index in [0.29, 0.717) is 5.82 Å². The van der Waals surface area contributed by atoms with Crippen LogP contribution in [0.25, 0.3) is 22.3 Å². The van der Waals surface area contributed by atoms with Gasteiger partial charge < -0.3 is 4.98 Å². The van der Waals surface area contributed by atoms with E-state index >= 15 is 0 Å². The first-order valence-electron chi connectivity index (χ1n) is 6.81. The average molecular weight is 289 g/mol. The van der Waals surface area contributed by atoms with E-state index in [2.05, 4.69) is 43.5 Å². The van der Waals surface area contributed by atoms with E-state index in [0.717, 1.165) is 22.2 Å².